The predicted octanol–water partition coefficient (Wildman–Crippen LogP) is -1.13. The van der Waals surface area contributed by atoms with Crippen molar-refractivity contribution in [3.8, 4) is 0 Å². The lowest BCUT2D eigenvalue weighted by Gasteiger charge is -2.28. The first-order valence-corrected chi connectivity index (χ1v) is 4.40. The zero-order valence-electron chi connectivity index (χ0n) is 7.79. The number of primary amides is 1. The summed E-state index contributed by atoms with van der Waals surface area (Å²) in [6, 6.07) is 0. The van der Waals surface area contributed by atoms with E-state index in [9.17, 15) is 4.79 Å². The molecule has 1 rings (SSSR count). The van der Waals surface area contributed by atoms with E-state index in [2.05, 4.69) is 5.32 Å². The highest BCUT2D eigenvalue weighted by Gasteiger charge is 2.18. The molecule has 0 bridgehead atoms. The molecule has 0 saturated carbocycles. The molecule has 2 unspecified atom stereocenters. The van der Waals surface area contributed by atoms with E-state index in [1.807, 2.05) is 6.92 Å². The first-order chi connectivity index (χ1) is 6.18. The van der Waals surface area contributed by atoms with Gasteiger partial charge in [-0.1, -0.05) is 0 Å². The number of morpholine rings is 1. The number of hydrogen-bond acceptors (Lipinski definition) is 4. The molecular formula is C8H16N2O3. The Morgan fingerprint density at radius 2 is 2.46 bits per heavy atom. The Hall–Kier alpha value is -0.650. The maximum absolute atomic E-state index is 10.3. The molecule has 13 heavy (non-hydrogen) atoms. The minimum Gasteiger partial charge on any atom is -0.370 e. The van der Waals surface area contributed by atoms with E-state index in [0.717, 1.165) is 13.1 Å². The normalized spacial score (nSPS) is 28.7. The topological polar surface area (TPSA) is 73.6 Å². The first-order valence-electron chi connectivity index (χ1n) is 4.40. The maximum Gasteiger partial charge on any atom is 0.243 e. The molecule has 0 radical (unpaired) electrons. The van der Waals surface area contributed by atoms with E-state index in [-0.39, 0.29) is 18.8 Å². The maximum atomic E-state index is 10.3. The van der Waals surface area contributed by atoms with Crippen LogP contribution >= 0.6 is 0 Å². The van der Waals surface area contributed by atoms with Gasteiger partial charge in [0, 0.05) is 13.1 Å². The molecule has 3 N–H and O–H groups in total. The second kappa shape index (κ2) is 5.16. The molecule has 1 aliphatic rings. The number of carbonyl (C=O) groups excluding carboxylic acids is 1. The molecule has 2 atom stereocenters. The number of nitrogens with two attached hydrogens (primary N) is 1. The monoisotopic (exact) mass is 188 g/mol. The Morgan fingerprint density at radius 3 is 3.08 bits per heavy atom. The summed E-state index contributed by atoms with van der Waals surface area (Å²) in [5, 5.41) is 3.20. The second-order valence-corrected chi connectivity index (χ2v) is 3.21. The van der Waals surface area contributed by atoms with Crippen molar-refractivity contribution in [1.82, 2.24) is 5.32 Å². The molecule has 76 valence electrons. The molecule has 0 spiro atoms. The van der Waals surface area contributed by atoms with Gasteiger partial charge in [0.1, 0.15) is 6.61 Å². The van der Waals surface area contributed by atoms with Crippen LogP contribution in [0.15, 0.2) is 0 Å². The van der Waals surface area contributed by atoms with Crippen LogP contribution < -0.4 is 11.1 Å². The number of rotatable bonds is 4. The van der Waals surface area contributed by atoms with E-state index in [1.165, 1.54) is 0 Å². The molecular weight excluding hydrogens is 172 g/mol. The van der Waals surface area contributed by atoms with Crippen molar-refractivity contribution in [3.05, 3.63) is 0 Å². The van der Waals surface area contributed by atoms with Gasteiger partial charge in [0.25, 0.3) is 0 Å². The fourth-order valence-electron chi connectivity index (χ4n) is 1.26. The van der Waals surface area contributed by atoms with Crippen molar-refractivity contribution < 1.29 is 14.3 Å². The summed E-state index contributed by atoms with van der Waals surface area (Å²) in [5.74, 6) is -0.447. The quantitative estimate of drug-likeness (QED) is 0.585. The summed E-state index contributed by atoms with van der Waals surface area (Å²) in [7, 11) is 0. The summed E-state index contributed by atoms with van der Waals surface area (Å²) in [6.45, 7) is 4.01. The lowest BCUT2D eigenvalue weighted by atomic mass is 10.2. The number of nitrogens with one attached hydrogen (secondary N) is 1. The summed E-state index contributed by atoms with van der Waals surface area (Å²) in [4.78, 5) is 10.3. The summed E-state index contributed by atoms with van der Waals surface area (Å²) >= 11 is 0. The average Bonchev–Trinajstić information content (AvgIpc) is 2.03. The van der Waals surface area contributed by atoms with Crippen molar-refractivity contribution in [2.24, 2.45) is 5.73 Å². The molecule has 1 saturated heterocycles. The molecule has 0 aromatic heterocycles. The van der Waals surface area contributed by atoms with Crippen LogP contribution in [-0.4, -0.2) is 44.4 Å². The van der Waals surface area contributed by atoms with E-state index >= 15 is 0 Å². The van der Waals surface area contributed by atoms with Gasteiger partial charge in [-0.05, 0) is 6.92 Å². The third kappa shape index (κ3) is 4.21. The van der Waals surface area contributed by atoms with Crippen molar-refractivity contribution >= 4 is 5.91 Å². The molecule has 1 amide bonds. The highest BCUT2D eigenvalue weighted by molar-refractivity contribution is 5.74. The molecule has 1 heterocycles. The molecule has 5 heteroatoms. The molecule has 0 aromatic carbocycles. The molecule has 1 aliphatic heterocycles. The second-order valence-electron chi connectivity index (χ2n) is 3.21. The van der Waals surface area contributed by atoms with Gasteiger partial charge in [0.05, 0.1) is 18.8 Å². The van der Waals surface area contributed by atoms with E-state index in [1.54, 1.807) is 0 Å². The predicted molar refractivity (Wildman–Crippen MR) is 47.2 cm³/mol. The Morgan fingerprint density at radius 1 is 1.69 bits per heavy atom. The van der Waals surface area contributed by atoms with Crippen molar-refractivity contribution in [3.63, 3.8) is 0 Å². The van der Waals surface area contributed by atoms with E-state index in [4.69, 9.17) is 15.2 Å². The highest BCUT2D eigenvalue weighted by atomic mass is 16.5. The Kier molecular flexibility index (Phi) is 4.14. The van der Waals surface area contributed by atoms with E-state index in [0.29, 0.717) is 6.61 Å². The fourth-order valence-corrected chi connectivity index (χ4v) is 1.26. The van der Waals surface area contributed by atoms with Crippen molar-refractivity contribution in [2.45, 2.75) is 19.1 Å². The Labute approximate surface area is 77.6 Å². The number of carbonyl (C=O) groups is 1. The van der Waals surface area contributed by atoms with Gasteiger partial charge in [-0.25, -0.2) is 0 Å². The van der Waals surface area contributed by atoms with Crippen LogP contribution in [0.1, 0.15) is 6.92 Å². The number of hydrogen-bond donors (Lipinski definition) is 2. The summed E-state index contributed by atoms with van der Waals surface area (Å²) in [6.07, 6.45) is 0.235. The van der Waals surface area contributed by atoms with Crippen LogP contribution in [0.4, 0.5) is 0 Å². The standard InChI is InChI=1S/C8H16N2O3/c1-6-2-10-3-7(13-6)4-12-5-8(9)11/h6-7,10H,2-5H2,1H3,(H2,9,11). The van der Waals surface area contributed by atoms with Crippen LogP contribution in [0.25, 0.3) is 0 Å². The third-order valence-corrected chi connectivity index (χ3v) is 1.78. The Bertz CT molecular complexity index is 175. The summed E-state index contributed by atoms with van der Waals surface area (Å²) < 4.78 is 10.6. The van der Waals surface area contributed by atoms with Gasteiger partial charge >= 0.3 is 0 Å². The van der Waals surface area contributed by atoms with Crippen LogP contribution in [0.5, 0.6) is 0 Å². The zero-order valence-corrected chi connectivity index (χ0v) is 7.79. The van der Waals surface area contributed by atoms with Gasteiger partial charge in [-0.15, -0.1) is 0 Å². The molecule has 0 aromatic rings. The Balaban J connectivity index is 2.10. The number of amides is 1. The smallest absolute Gasteiger partial charge is 0.243 e. The lowest BCUT2D eigenvalue weighted by Crippen LogP contribution is -2.45. The SMILES string of the molecule is CC1CNCC(COCC(N)=O)O1. The molecule has 0 aliphatic carbocycles. The van der Waals surface area contributed by atoms with Crippen LogP contribution in [0, 0.1) is 0 Å². The third-order valence-electron chi connectivity index (χ3n) is 1.78. The summed E-state index contributed by atoms with van der Waals surface area (Å²) in [5.41, 5.74) is 4.91. The van der Waals surface area contributed by atoms with Gasteiger partial charge in [-0.2, -0.15) is 0 Å². The van der Waals surface area contributed by atoms with Crippen LogP contribution in [0.2, 0.25) is 0 Å². The van der Waals surface area contributed by atoms with Crippen molar-refractivity contribution in [2.75, 3.05) is 26.3 Å². The van der Waals surface area contributed by atoms with Gasteiger partial charge in [0.15, 0.2) is 0 Å². The van der Waals surface area contributed by atoms with Crippen molar-refractivity contribution in [1.29, 1.82) is 0 Å². The average molecular weight is 188 g/mol. The zero-order chi connectivity index (χ0) is 9.68. The molecule has 5 nitrogen and oxygen atoms in total. The van der Waals surface area contributed by atoms with E-state index < -0.39 is 5.91 Å². The lowest BCUT2D eigenvalue weighted by molar-refractivity contribution is -0.125. The minimum atomic E-state index is -0.447. The largest absolute Gasteiger partial charge is 0.370 e. The highest BCUT2D eigenvalue weighted by Crippen LogP contribution is 2.02. The van der Waals surface area contributed by atoms with Crippen LogP contribution in [-0.2, 0) is 14.3 Å². The minimum absolute atomic E-state index is 0.0306. The van der Waals surface area contributed by atoms with Gasteiger partial charge < -0.3 is 20.5 Å². The van der Waals surface area contributed by atoms with Gasteiger partial charge in [-0.3, -0.25) is 4.79 Å². The fraction of sp³-hybridized carbons (Fsp3) is 0.875. The number of ether oxygens (including phenoxy) is 2. The molecule has 1 fully saturated rings. The first kappa shape index (κ1) is 10.4. The van der Waals surface area contributed by atoms with Crippen LogP contribution in [0.3, 0.4) is 0 Å². The van der Waals surface area contributed by atoms with Gasteiger partial charge in [0.2, 0.25) is 5.91 Å².